The number of aliphatic hydroxyl groups excluding tert-OH is 1. The van der Waals surface area contributed by atoms with Crippen LogP contribution in [0.4, 0.5) is 18.0 Å². The number of alkyl halides is 3. The van der Waals surface area contributed by atoms with Gasteiger partial charge in [-0.25, -0.2) is 4.79 Å². The minimum Gasteiger partial charge on any atom is -0.387 e. The Morgan fingerprint density at radius 3 is 2.35 bits per heavy atom. The molecule has 2 amide bonds. The lowest BCUT2D eigenvalue weighted by Crippen LogP contribution is -2.53. The van der Waals surface area contributed by atoms with Gasteiger partial charge >= 0.3 is 12.2 Å². The summed E-state index contributed by atoms with van der Waals surface area (Å²) in [6, 6.07) is 8.54. The van der Waals surface area contributed by atoms with Crippen LogP contribution in [0.3, 0.4) is 0 Å². The maximum absolute atomic E-state index is 12.1. The molecular weight excluding hydrogens is 311 g/mol. The largest absolute Gasteiger partial charge is 0.405 e. The van der Waals surface area contributed by atoms with E-state index >= 15 is 0 Å². The van der Waals surface area contributed by atoms with E-state index in [2.05, 4.69) is 0 Å². The van der Waals surface area contributed by atoms with E-state index in [0.717, 1.165) is 5.56 Å². The predicted octanol–water partition coefficient (Wildman–Crippen LogP) is 1.61. The van der Waals surface area contributed by atoms with Crippen molar-refractivity contribution in [2.45, 2.75) is 12.3 Å². The molecule has 23 heavy (non-hydrogen) atoms. The molecule has 2 rings (SSSR count). The first-order valence-electron chi connectivity index (χ1n) is 7.40. The Morgan fingerprint density at radius 1 is 1.17 bits per heavy atom. The van der Waals surface area contributed by atoms with Gasteiger partial charge in [-0.1, -0.05) is 30.3 Å². The molecule has 0 saturated carbocycles. The number of hydrogen-bond acceptors (Lipinski definition) is 3. The Kier molecular flexibility index (Phi) is 5.84. The lowest BCUT2D eigenvalue weighted by Gasteiger charge is -2.35. The molecule has 0 aromatic heterocycles. The number of nitrogens with one attached hydrogen (secondary N) is 1. The highest BCUT2D eigenvalue weighted by atomic mass is 19.4. The molecule has 1 saturated heterocycles. The molecule has 5 nitrogen and oxygen atoms in total. The smallest absolute Gasteiger partial charge is 0.387 e. The molecule has 2 N–H and O–H groups in total. The van der Waals surface area contributed by atoms with Gasteiger partial charge in [-0.2, -0.15) is 13.2 Å². The number of β-amino-alcohol motifs (C(OH)–C–C–N with tert-alkyl or cyclic N) is 1. The average molecular weight is 331 g/mol. The molecule has 1 atom stereocenters. The van der Waals surface area contributed by atoms with Gasteiger partial charge in [0, 0.05) is 32.7 Å². The highest BCUT2D eigenvalue weighted by Gasteiger charge is 2.30. The van der Waals surface area contributed by atoms with Crippen LogP contribution in [0.5, 0.6) is 0 Å². The van der Waals surface area contributed by atoms with Crippen molar-refractivity contribution >= 4 is 6.03 Å². The third-order valence-corrected chi connectivity index (χ3v) is 3.72. The van der Waals surface area contributed by atoms with Gasteiger partial charge in [0.2, 0.25) is 0 Å². The van der Waals surface area contributed by atoms with Crippen LogP contribution in [0.1, 0.15) is 11.7 Å². The first-order valence-corrected chi connectivity index (χ1v) is 7.40. The topological polar surface area (TPSA) is 55.8 Å². The summed E-state index contributed by atoms with van der Waals surface area (Å²) < 4.78 is 36.2. The van der Waals surface area contributed by atoms with Crippen LogP contribution < -0.4 is 5.32 Å². The van der Waals surface area contributed by atoms with Crippen molar-refractivity contribution in [3.05, 3.63) is 35.9 Å². The number of hydrogen-bond donors (Lipinski definition) is 2. The molecule has 1 aliphatic rings. The van der Waals surface area contributed by atoms with Crippen molar-refractivity contribution in [3.63, 3.8) is 0 Å². The number of amides is 2. The normalized spacial score (nSPS) is 17.8. The van der Waals surface area contributed by atoms with E-state index in [1.54, 1.807) is 0 Å². The lowest BCUT2D eigenvalue weighted by atomic mass is 10.1. The van der Waals surface area contributed by atoms with Gasteiger partial charge in [0.25, 0.3) is 0 Å². The van der Waals surface area contributed by atoms with Crippen molar-refractivity contribution in [3.8, 4) is 0 Å². The van der Waals surface area contributed by atoms with Crippen LogP contribution in [0.2, 0.25) is 0 Å². The maximum atomic E-state index is 12.1. The zero-order valence-electron chi connectivity index (χ0n) is 12.6. The Morgan fingerprint density at radius 2 is 1.78 bits per heavy atom. The van der Waals surface area contributed by atoms with Crippen LogP contribution in [-0.4, -0.2) is 66.4 Å². The summed E-state index contributed by atoms with van der Waals surface area (Å²) in [6.45, 7) is 0.823. The van der Waals surface area contributed by atoms with E-state index < -0.39 is 24.9 Å². The van der Waals surface area contributed by atoms with Crippen molar-refractivity contribution in [2.24, 2.45) is 0 Å². The molecule has 0 aliphatic carbocycles. The zero-order chi connectivity index (χ0) is 16.9. The Balaban J connectivity index is 1.74. The quantitative estimate of drug-likeness (QED) is 0.881. The molecule has 8 heteroatoms. The fourth-order valence-corrected chi connectivity index (χ4v) is 2.45. The van der Waals surface area contributed by atoms with Gasteiger partial charge < -0.3 is 15.3 Å². The molecule has 1 aromatic rings. The summed E-state index contributed by atoms with van der Waals surface area (Å²) in [5, 5.41) is 12.0. The zero-order valence-corrected chi connectivity index (χ0v) is 12.6. The van der Waals surface area contributed by atoms with E-state index in [-0.39, 0.29) is 0 Å². The second-order valence-electron chi connectivity index (χ2n) is 5.49. The number of benzene rings is 1. The Bertz CT molecular complexity index is 502. The van der Waals surface area contributed by atoms with Crippen LogP contribution in [0.15, 0.2) is 30.3 Å². The third-order valence-electron chi connectivity index (χ3n) is 3.72. The average Bonchev–Trinajstić information content (AvgIpc) is 2.53. The van der Waals surface area contributed by atoms with E-state index in [1.165, 1.54) is 4.90 Å². The predicted molar refractivity (Wildman–Crippen MR) is 78.9 cm³/mol. The first-order chi connectivity index (χ1) is 10.8. The molecular formula is C15H20F3N3O2. The van der Waals surface area contributed by atoms with E-state index in [9.17, 15) is 23.1 Å². The van der Waals surface area contributed by atoms with Crippen molar-refractivity contribution in [1.82, 2.24) is 15.1 Å². The fourth-order valence-electron chi connectivity index (χ4n) is 2.45. The second-order valence-corrected chi connectivity index (χ2v) is 5.49. The number of nitrogens with zero attached hydrogens (tertiary/aromatic N) is 2. The number of urea groups is 1. The molecule has 0 spiro atoms. The van der Waals surface area contributed by atoms with Crippen molar-refractivity contribution < 1.29 is 23.1 Å². The SMILES string of the molecule is O=C(NCC(F)(F)F)N1CCN(CC(O)c2ccccc2)CC1. The van der Waals surface area contributed by atoms with Crippen LogP contribution in [0.25, 0.3) is 0 Å². The number of carbonyl (C=O) groups is 1. The van der Waals surface area contributed by atoms with Crippen LogP contribution in [-0.2, 0) is 0 Å². The molecule has 1 heterocycles. The maximum Gasteiger partial charge on any atom is 0.405 e. The number of halogens is 3. The molecule has 0 radical (unpaired) electrons. The van der Waals surface area contributed by atoms with Gasteiger partial charge in [0.05, 0.1) is 6.10 Å². The van der Waals surface area contributed by atoms with Gasteiger partial charge in [-0.15, -0.1) is 0 Å². The number of rotatable bonds is 4. The Labute approximate surface area is 132 Å². The summed E-state index contributed by atoms with van der Waals surface area (Å²) in [5.41, 5.74) is 0.817. The standard InChI is InChI=1S/C15H20F3N3O2/c16-15(17,18)11-19-14(23)21-8-6-20(7-9-21)10-13(22)12-4-2-1-3-5-12/h1-5,13,22H,6-11H2,(H,19,23). The van der Waals surface area contributed by atoms with Crippen molar-refractivity contribution in [1.29, 1.82) is 0 Å². The highest BCUT2D eigenvalue weighted by molar-refractivity contribution is 5.74. The molecule has 128 valence electrons. The Hall–Kier alpha value is -1.80. The molecule has 1 aliphatic heterocycles. The molecule has 0 bridgehead atoms. The number of carbonyl (C=O) groups excluding carboxylic acids is 1. The summed E-state index contributed by atoms with van der Waals surface area (Å²) in [4.78, 5) is 15.0. The first kappa shape index (κ1) is 17.6. The fraction of sp³-hybridized carbons (Fsp3) is 0.533. The third kappa shape index (κ3) is 5.72. The number of aliphatic hydroxyl groups is 1. The van der Waals surface area contributed by atoms with Crippen LogP contribution in [0, 0.1) is 0 Å². The van der Waals surface area contributed by atoms with Crippen LogP contribution >= 0.6 is 0 Å². The molecule has 1 fully saturated rings. The highest BCUT2D eigenvalue weighted by Crippen LogP contribution is 2.15. The molecule has 1 unspecified atom stereocenters. The summed E-state index contributed by atoms with van der Waals surface area (Å²) >= 11 is 0. The molecule has 1 aromatic carbocycles. The van der Waals surface area contributed by atoms with Gasteiger partial charge in [0.15, 0.2) is 0 Å². The van der Waals surface area contributed by atoms with Crippen molar-refractivity contribution in [2.75, 3.05) is 39.3 Å². The lowest BCUT2D eigenvalue weighted by molar-refractivity contribution is -0.123. The monoisotopic (exact) mass is 331 g/mol. The summed E-state index contributed by atoms with van der Waals surface area (Å²) in [6.07, 6.45) is -5.03. The summed E-state index contributed by atoms with van der Waals surface area (Å²) in [7, 11) is 0. The van der Waals surface area contributed by atoms with Gasteiger partial charge in [-0.05, 0) is 5.56 Å². The van der Waals surface area contributed by atoms with Gasteiger partial charge in [-0.3, -0.25) is 4.90 Å². The minimum atomic E-state index is -4.41. The van der Waals surface area contributed by atoms with Gasteiger partial charge in [0.1, 0.15) is 6.54 Å². The number of piperazine rings is 1. The second kappa shape index (κ2) is 7.65. The van der Waals surface area contributed by atoms with E-state index in [4.69, 9.17) is 0 Å². The van der Waals surface area contributed by atoms with E-state index in [0.29, 0.717) is 32.7 Å². The van der Waals surface area contributed by atoms with E-state index in [1.807, 2.05) is 40.5 Å². The minimum absolute atomic E-state index is 0.338. The summed E-state index contributed by atoms with van der Waals surface area (Å²) in [5.74, 6) is 0.